The van der Waals surface area contributed by atoms with Crippen LogP contribution in [-0.4, -0.2) is 5.78 Å². The predicted octanol–water partition coefficient (Wildman–Crippen LogP) is 6.73. The van der Waals surface area contributed by atoms with Crippen LogP contribution < -0.4 is 5.73 Å². The Morgan fingerprint density at radius 1 is 0.931 bits per heavy atom. The Hall–Kier alpha value is -2.84. The normalized spacial score (nSPS) is 13.8. The largest absolute Gasteiger partial charge is 0.399 e. The van der Waals surface area contributed by atoms with Crippen molar-refractivity contribution < 1.29 is 4.79 Å². The second-order valence-corrected chi connectivity index (χ2v) is 8.15. The van der Waals surface area contributed by atoms with Crippen molar-refractivity contribution in [1.29, 1.82) is 0 Å². The lowest BCUT2D eigenvalue weighted by Gasteiger charge is -2.18. The smallest absolute Gasteiger partial charge is 0.159 e. The zero-order valence-electron chi connectivity index (χ0n) is 16.8. The van der Waals surface area contributed by atoms with Crippen molar-refractivity contribution >= 4 is 34.2 Å². The molecule has 0 amide bonds. The first-order valence-corrected chi connectivity index (χ1v) is 10.3. The Labute approximate surface area is 177 Å². The molecule has 0 spiro atoms. The standard InChI is InChI=1S/C26H24ClNO/c1-16-6-12-23(25(27)14-16)24-5-3-4-20-15-19(17(2)29)9-13-22(20)26(24)18-7-10-21(28)11-8-18/h6-15H,3-5,28H2,1-2H3. The van der Waals surface area contributed by atoms with Gasteiger partial charge in [0.05, 0.1) is 0 Å². The third-order valence-electron chi connectivity index (χ3n) is 5.60. The number of halogens is 1. The number of nitrogen functional groups attached to an aromatic ring is 1. The molecular formula is C26H24ClNO. The molecule has 146 valence electrons. The maximum absolute atomic E-state index is 11.9. The number of Topliss-reactive ketones (excluding diaryl/α,β-unsaturated/α-hetero) is 1. The number of ketones is 1. The summed E-state index contributed by atoms with van der Waals surface area (Å²) in [6, 6.07) is 20.3. The molecule has 0 bridgehead atoms. The number of hydrogen-bond donors (Lipinski definition) is 1. The van der Waals surface area contributed by atoms with Crippen LogP contribution in [0, 0.1) is 6.92 Å². The van der Waals surface area contributed by atoms with E-state index in [0.717, 1.165) is 52.2 Å². The summed E-state index contributed by atoms with van der Waals surface area (Å²) < 4.78 is 0. The summed E-state index contributed by atoms with van der Waals surface area (Å²) in [6.07, 6.45) is 2.86. The van der Waals surface area contributed by atoms with E-state index in [1.54, 1.807) is 6.92 Å². The average molecular weight is 402 g/mol. The molecule has 0 unspecified atom stereocenters. The summed E-state index contributed by atoms with van der Waals surface area (Å²) in [5, 5.41) is 0.775. The van der Waals surface area contributed by atoms with Gasteiger partial charge in [-0.25, -0.2) is 0 Å². The number of rotatable bonds is 3. The number of aryl methyl sites for hydroxylation is 2. The van der Waals surface area contributed by atoms with Gasteiger partial charge in [0.25, 0.3) is 0 Å². The van der Waals surface area contributed by atoms with Crippen LogP contribution in [0.15, 0.2) is 60.7 Å². The van der Waals surface area contributed by atoms with Crippen molar-refractivity contribution in [3.05, 3.63) is 99.1 Å². The van der Waals surface area contributed by atoms with Gasteiger partial charge in [0, 0.05) is 16.3 Å². The molecule has 0 heterocycles. The minimum Gasteiger partial charge on any atom is -0.399 e. The number of nitrogens with two attached hydrogens (primary N) is 1. The van der Waals surface area contributed by atoms with Gasteiger partial charge in [0.15, 0.2) is 5.78 Å². The maximum Gasteiger partial charge on any atom is 0.159 e. The molecule has 29 heavy (non-hydrogen) atoms. The van der Waals surface area contributed by atoms with E-state index in [9.17, 15) is 4.79 Å². The van der Waals surface area contributed by atoms with E-state index in [4.69, 9.17) is 17.3 Å². The maximum atomic E-state index is 11.9. The Kier molecular flexibility index (Phi) is 5.29. The van der Waals surface area contributed by atoms with Crippen LogP contribution >= 0.6 is 11.6 Å². The summed E-state index contributed by atoms with van der Waals surface area (Å²) >= 11 is 6.69. The molecule has 0 saturated heterocycles. The summed E-state index contributed by atoms with van der Waals surface area (Å²) in [5.41, 5.74) is 15.6. The van der Waals surface area contributed by atoms with Gasteiger partial charge in [-0.1, -0.05) is 48.0 Å². The first-order valence-electron chi connectivity index (χ1n) is 9.94. The van der Waals surface area contributed by atoms with Crippen molar-refractivity contribution in [1.82, 2.24) is 0 Å². The lowest BCUT2D eigenvalue weighted by molar-refractivity contribution is 0.101. The minimum atomic E-state index is 0.0943. The topological polar surface area (TPSA) is 43.1 Å². The van der Waals surface area contributed by atoms with E-state index < -0.39 is 0 Å². The molecule has 0 radical (unpaired) electrons. The summed E-state index contributed by atoms with van der Waals surface area (Å²) in [4.78, 5) is 11.9. The number of carbonyl (C=O) groups excluding carboxylic acids is 1. The van der Waals surface area contributed by atoms with Crippen LogP contribution in [0.1, 0.15) is 57.9 Å². The van der Waals surface area contributed by atoms with Crippen molar-refractivity contribution in [2.45, 2.75) is 33.1 Å². The SMILES string of the molecule is CC(=O)c1ccc2c(c1)CCCC(c1ccc(C)cc1Cl)=C2c1ccc(N)cc1. The number of hydrogen-bond acceptors (Lipinski definition) is 2. The van der Waals surface area contributed by atoms with Gasteiger partial charge >= 0.3 is 0 Å². The molecule has 3 aromatic carbocycles. The third-order valence-corrected chi connectivity index (χ3v) is 5.92. The van der Waals surface area contributed by atoms with Gasteiger partial charge in [-0.3, -0.25) is 4.79 Å². The number of benzene rings is 3. The van der Waals surface area contributed by atoms with Crippen molar-refractivity contribution in [2.75, 3.05) is 5.73 Å². The van der Waals surface area contributed by atoms with Crippen LogP contribution in [-0.2, 0) is 6.42 Å². The highest BCUT2D eigenvalue weighted by Crippen LogP contribution is 2.42. The van der Waals surface area contributed by atoms with Gasteiger partial charge in [0.1, 0.15) is 0 Å². The highest BCUT2D eigenvalue weighted by Gasteiger charge is 2.22. The zero-order valence-corrected chi connectivity index (χ0v) is 17.5. The summed E-state index contributed by atoms with van der Waals surface area (Å²) in [7, 11) is 0. The average Bonchev–Trinajstić information content (AvgIpc) is 2.87. The van der Waals surface area contributed by atoms with Crippen molar-refractivity contribution in [3.63, 3.8) is 0 Å². The highest BCUT2D eigenvalue weighted by molar-refractivity contribution is 6.32. The Morgan fingerprint density at radius 3 is 2.34 bits per heavy atom. The molecule has 0 atom stereocenters. The number of carbonyl (C=O) groups is 1. The monoisotopic (exact) mass is 401 g/mol. The summed E-state index contributed by atoms with van der Waals surface area (Å²) in [5.74, 6) is 0.0943. The second-order valence-electron chi connectivity index (χ2n) is 7.74. The van der Waals surface area contributed by atoms with Gasteiger partial charge < -0.3 is 5.73 Å². The highest BCUT2D eigenvalue weighted by atomic mass is 35.5. The predicted molar refractivity (Wildman–Crippen MR) is 122 cm³/mol. The van der Waals surface area contributed by atoms with Crippen LogP contribution in [0.4, 0.5) is 5.69 Å². The molecule has 2 nitrogen and oxygen atoms in total. The lowest BCUT2D eigenvalue weighted by Crippen LogP contribution is -2.00. The van der Waals surface area contributed by atoms with Gasteiger partial charge in [0.2, 0.25) is 0 Å². The number of allylic oxidation sites excluding steroid dienone is 1. The van der Waals surface area contributed by atoms with Crippen LogP contribution in [0.25, 0.3) is 11.1 Å². The Bertz CT molecular complexity index is 1130. The molecule has 0 fully saturated rings. The van der Waals surface area contributed by atoms with E-state index in [1.165, 1.54) is 22.3 Å². The molecule has 3 heteroatoms. The Balaban J connectivity index is 2.02. The molecule has 1 aliphatic rings. The Morgan fingerprint density at radius 2 is 1.66 bits per heavy atom. The first-order chi connectivity index (χ1) is 13.9. The molecule has 2 N–H and O–H groups in total. The van der Waals surface area contributed by atoms with Crippen LogP contribution in [0.3, 0.4) is 0 Å². The van der Waals surface area contributed by atoms with E-state index in [0.29, 0.717) is 0 Å². The third kappa shape index (κ3) is 3.86. The lowest BCUT2D eigenvalue weighted by atomic mass is 9.87. The number of anilines is 1. The molecule has 4 rings (SSSR count). The van der Waals surface area contributed by atoms with E-state index in [1.807, 2.05) is 24.3 Å². The molecule has 0 aromatic heterocycles. The van der Waals surface area contributed by atoms with Gasteiger partial charge in [-0.2, -0.15) is 0 Å². The minimum absolute atomic E-state index is 0.0943. The fourth-order valence-corrected chi connectivity index (χ4v) is 4.47. The van der Waals surface area contributed by atoms with Crippen LogP contribution in [0.2, 0.25) is 5.02 Å². The quantitative estimate of drug-likeness (QED) is 0.390. The fourth-order valence-electron chi connectivity index (χ4n) is 4.12. The van der Waals surface area contributed by atoms with E-state index in [-0.39, 0.29) is 5.78 Å². The van der Waals surface area contributed by atoms with E-state index >= 15 is 0 Å². The summed E-state index contributed by atoms with van der Waals surface area (Å²) in [6.45, 7) is 3.67. The van der Waals surface area contributed by atoms with Gasteiger partial charge in [-0.15, -0.1) is 0 Å². The molecule has 0 aliphatic heterocycles. The first kappa shape index (κ1) is 19.5. The molecule has 0 saturated carbocycles. The number of fused-ring (bicyclic) bond motifs is 1. The van der Waals surface area contributed by atoms with Crippen LogP contribution in [0.5, 0.6) is 0 Å². The molecular weight excluding hydrogens is 378 g/mol. The zero-order chi connectivity index (χ0) is 20.5. The van der Waals surface area contributed by atoms with Crippen molar-refractivity contribution in [3.8, 4) is 0 Å². The van der Waals surface area contributed by atoms with Crippen molar-refractivity contribution in [2.24, 2.45) is 0 Å². The fraction of sp³-hybridized carbons (Fsp3) is 0.192. The molecule has 1 aliphatic carbocycles. The second kappa shape index (κ2) is 7.88. The van der Waals surface area contributed by atoms with Gasteiger partial charge in [-0.05, 0) is 96.3 Å². The molecule has 3 aromatic rings. The van der Waals surface area contributed by atoms with E-state index in [2.05, 4.69) is 43.3 Å².